The second-order valence-electron chi connectivity index (χ2n) is 5.05. The van der Waals surface area contributed by atoms with E-state index in [2.05, 4.69) is 77.3 Å². The highest BCUT2D eigenvalue weighted by molar-refractivity contribution is 9.08. The highest BCUT2D eigenvalue weighted by Crippen LogP contribution is 2.25. The van der Waals surface area contributed by atoms with E-state index in [9.17, 15) is 0 Å². The first-order chi connectivity index (χ1) is 9.11. The lowest BCUT2D eigenvalue weighted by Crippen LogP contribution is -2.29. The quantitative estimate of drug-likeness (QED) is 0.663. The van der Waals surface area contributed by atoms with E-state index in [-0.39, 0.29) is 0 Å². The first-order valence-electron chi connectivity index (χ1n) is 6.56. The van der Waals surface area contributed by atoms with Crippen LogP contribution in [0.2, 0.25) is 0 Å². The fourth-order valence-electron chi connectivity index (χ4n) is 2.15. The normalized spacial score (nSPS) is 11.0. The van der Waals surface area contributed by atoms with Crippen molar-refractivity contribution in [3.63, 3.8) is 0 Å². The predicted molar refractivity (Wildman–Crippen MR) is 89.4 cm³/mol. The number of anilines is 1. The number of nitrogens with zero attached hydrogens (tertiary/aromatic N) is 1. The molecule has 0 fully saturated rings. The molecule has 19 heavy (non-hydrogen) atoms. The summed E-state index contributed by atoms with van der Waals surface area (Å²) in [6.07, 6.45) is 0. The molecule has 0 bridgehead atoms. The third kappa shape index (κ3) is 3.61. The number of rotatable bonds is 5. The summed E-state index contributed by atoms with van der Waals surface area (Å²) in [6, 6.07) is 11.6. The van der Waals surface area contributed by atoms with Crippen molar-refractivity contribution in [2.45, 2.75) is 38.7 Å². The van der Waals surface area contributed by atoms with Gasteiger partial charge in [-0.1, -0.05) is 28.1 Å². The standard InChI is InChI=1S/C16H20BrNS/c1-12(2)18(11-16-5-4-8-19-16)15-7-6-14(10-17)13(3)9-15/h4-9,12H,10-11H2,1-3H3. The molecule has 102 valence electrons. The molecule has 0 aliphatic heterocycles. The molecule has 0 amide bonds. The van der Waals surface area contributed by atoms with Crippen LogP contribution in [0.15, 0.2) is 35.7 Å². The zero-order valence-corrected chi connectivity index (χ0v) is 14.1. The van der Waals surface area contributed by atoms with Crippen LogP contribution in [0, 0.1) is 6.92 Å². The summed E-state index contributed by atoms with van der Waals surface area (Å²) in [5.74, 6) is 0. The fraction of sp³-hybridized carbons (Fsp3) is 0.375. The lowest BCUT2D eigenvalue weighted by molar-refractivity contribution is 0.687. The molecular formula is C16H20BrNS. The zero-order valence-electron chi connectivity index (χ0n) is 11.7. The van der Waals surface area contributed by atoms with Gasteiger partial charge in [-0.05, 0) is 55.5 Å². The Morgan fingerprint density at radius 1 is 1.26 bits per heavy atom. The van der Waals surface area contributed by atoms with Gasteiger partial charge >= 0.3 is 0 Å². The molecule has 2 aromatic rings. The van der Waals surface area contributed by atoms with Crippen LogP contribution in [0.5, 0.6) is 0 Å². The molecule has 0 saturated carbocycles. The second-order valence-corrected chi connectivity index (χ2v) is 6.64. The van der Waals surface area contributed by atoms with Gasteiger partial charge in [0.05, 0.1) is 6.54 Å². The molecule has 0 spiro atoms. The van der Waals surface area contributed by atoms with E-state index in [0.29, 0.717) is 6.04 Å². The maximum atomic E-state index is 3.54. The van der Waals surface area contributed by atoms with Crippen LogP contribution in [-0.2, 0) is 11.9 Å². The van der Waals surface area contributed by atoms with Gasteiger partial charge in [0, 0.05) is 21.9 Å². The van der Waals surface area contributed by atoms with E-state index in [1.165, 1.54) is 21.7 Å². The summed E-state index contributed by atoms with van der Waals surface area (Å²) in [6.45, 7) is 7.68. The van der Waals surface area contributed by atoms with Crippen molar-refractivity contribution in [2.75, 3.05) is 4.90 Å². The number of hydrogen-bond donors (Lipinski definition) is 0. The number of alkyl halides is 1. The Morgan fingerprint density at radius 2 is 2.05 bits per heavy atom. The van der Waals surface area contributed by atoms with Crippen molar-refractivity contribution >= 4 is 33.0 Å². The molecule has 0 saturated heterocycles. The van der Waals surface area contributed by atoms with Gasteiger partial charge in [0.2, 0.25) is 0 Å². The number of benzene rings is 1. The van der Waals surface area contributed by atoms with Crippen LogP contribution in [0.1, 0.15) is 29.9 Å². The van der Waals surface area contributed by atoms with Gasteiger partial charge in [-0.2, -0.15) is 0 Å². The molecule has 0 radical (unpaired) electrons. The lowest BCUT2D eigenvalue weighted by atomic mass is 10.1. The van der Waals surface area contributed by atoms with Gasteiger partial charge in [0.15, 0.2) is 0 Å². The van der Waals surface area contributed by atoms with E-state index in [0.717, 1.165) is 11.9 Å². The molecule has 3 heteroatoms. The lowest BCUT2D eigenvalue weighted by Gasteiger charge is -2.29. The summed E-state index contributed by atoms with van der Waals surface area (Å²) in [5.41, 5.74) is 4.03. The van der Waals surface area contributed by atoms with E-state index in [1.54, 1.807) is 0 Å². The molecule has 0 atom stereocenters. The minimum Gasteiger partial charge on any atom is -0.364 e. The van der Waals surface area contributed by atoms with E-state index in [4.69, 9.17) is 0 Å². The van der Waals surface area contributed by atoms with Crippen molar-refractivity contribution in [3.05, 3.63) is 51.7 Å². The monoisotopic (exact) mass is 337 g/mol. The summed E-state index contributed by atoms with van der Waals surface area (Å²) in [7, 11) is 0. The van der Waals surface area contributed by atoms with Gasteiger partial charge in [-0.25, -0.2) is 0 Å². The summed E-state index contributed by atoms with van der Waals surface area (Å²) in [5, 5.41) is 3.07. The maximum absolute atomic E-state index is 3.54. The smallest absolute Gasteiger partial charge is 0.0525 e. The minimum atomic E-state index is 0.497. The molecule has 2 rings (SSSR count). The average molecular weight is 338 g/mol. The van der Waals surface area contributed by atoms with Gasteiger partial charge in [-0.15, -0.1) is 11.3 Å². The van der Waals surface area contributed by atoms with Crippen molar-refractivity contribution in [2.24, 2.45) is 0 Å². The Bertz CT molecular complexity index is 520. The largest absolute Gasteiger partial charge is 0.364 e. The average Bonchev–Trinajstić information content (AvgIpc) is 2.88. The third-order valence-electron chi connectivity index (χ3n) is 3.33. The van der Waals surface area contributed by atoms with Gasteiger partial charge in [-0.3, -0.25) is 0 Å². The number of hydrogen-bond acceptors (Lipinski definition) is 2. The van der Waals surface area contributed by atoms with Crippen molar-refractivity contribution < 1.29 is 0 Å². The predicted octanol–water partition coefficient (Wildman–Crippen LogP) is 5.37. The Balaban J connectivity index is 2.26. The first kappa shape index (κ1) is 14.6. The van der Waals surface area contributed by atoms with Crippen molar-refractivity contribution in [1.82, 2.24) is 0 Å². The summed E-state index contributed by atoms with van der Waals surface area (Å²) < 4.78 is 0. The molecule has 1 nitrogen and oxygen atoms in total. The highest BCUT2D eigenvalue weighted by Gasteiger charge is 2.12. The van der Waals surface area contributed by atoms with E-state index < -0.39 is 0 Å². The van der Waals surface area contributed by atoms with Crippen molar-refractivity contribution in [3.8, 4) is 0 Å². The first-order valence-corrected chi connectivity index (χ1v) is 8.56. The number of halogens is 1. The molecule has 0 aliphatic carbocycles. The van der Waals surface area contributed by atoms with Gasteiger partial charge in [0.1, 0.15) is 0 Å². The van der Waals surface area contributed by atoms with Crippen molar-refractivity contribution in [1.29, 1.82) is 0 Å². The Kier molecular flexibility index (Phi) is 5.06. The van der Waals surface area contributed by atoms with Crippen LogP contribution in [0.25, 0.3) is 0 Å². The van der Waals surface area contributed by atoms with Crippen LogP contribution >= 0.6 is 27.3 Å². The molecule has 0 aliphatic rings. The topological polar surface area (TPSA) is 3.24 Å². The third-order valence-corrected chi connectivity index (χ3v) is 4.80. The molecule has 1 aromatic heterocycles. The SMILES string of the molecule is Cc1cc(N(Cc2cccs2)C(C)C)ccc1CBr. The Labute approximate surface area is 128 Å². The molecule has 1 aromatic carbocycles. The number of aryl methyl sites for hydroxylation is 1. The fourth-order valence-corrected chi connectivity index (χ4v) is 3.48. The molecule has 0 N–H and O–H groups in total. The Morgan fingerprint density at radius 3 is 2.58 bits per heavy atom. The molecule has 0 unspecified atom stereocenters. The molecule has 1 heterocycles. The Hall–Kier alpha value is -0.800. The van der Waals surface area contributed by atoms with E-state index in [1.807, 2.05) is 11.3 Å². The minimum absolute atomic E-state index is 0.497. The number of thiophene rings is 1. The highest BCUT2D eigenvalue weighted by atomic mass is 79.9. The van der Waals surface area contributed by atoms with Crippen LogP contribution in [0.4, 0.5) is 5.69 Å². The summed E-state index contributed by atoms with van der Waals surface area (Å²) in [4.78, 5) is 3.87. The van der Waals surface area contributed by atoms with Gasteiger partial charge in [0.25, 0.3) is 0 Å². The van der Waals surface area contributed by atoms with Crippen LogP contribution < -0.4 is 4.90 Å². The van der Waals surface area contributed by atoms with Gasteiger partial charge < -0.3 is 4.90 Å². The van der Waals surface area contributed by atoms with Crippen LogP contribution in [-0.4, -0.2) is 6.04 Å². The summed E-state index contributed by atoms with van der Waals surface area (Å²) >= 11 is 5.36. The van der Waals surface area contributed by atoms with Crippen LogP contribution in [0.3, 0.4) is 0 Å². The maximum Gasteiger partial charge on any atom is 0.0525 e. The second kappa shape index (κ2) is 6.58. The molecular weight excluding hydrogens is 318 g/mol. The van der Waals surface area contributed by atoms with E-state index >= 15 is 0 Å². The zero-order chi connectivity index (χ0) is 13.8.